The molecule has 1 N–H and O–H groups in total. The van der Waals surface area contributed by atoms with Crippen LogP contribution >= 0.6 is 0 Å². The maximum absolute atomic E-state index is 13.2. The lowest BCUT2D eigenvalue weighted by molar-refractivity contribution is -0.157. The van der Waals surface area contributed by atoms with Gasteiger partial charge in [-0.1, -0.05) is 33.8 Å². The van der Waals surface area contributed by atoms with Gasteiger partial charge in [0.05, 0.1) is 6.54 Å². The number of amidine groups is 1. The molecule has 0 unspecified atom stereocenters. The van der Waals surface area contributed by atoms with E-state index >= 15 is 0 Å². The van der Waals surface area contributed by atoms with Crippen LogP contribution in [0.5, 0.6) is 5.75 Å². The fraction of sp³-hybridized carbons (Fsp3) is 0.481. The Morgan fingerprint density at radius 3 is 2.41 bits per heavy atom. The third-order valence-electron chi connectivity index (χ3n) is 5.51. The first kappa shape index (κ1) is 25.4. The lowest BCUT2D eigenvalue weighted by atomic mass is 9.85. The number of hydrogen-bond acceptors (Lipinski definition) is 6. The van der Waals surface area contributed by atoms with E-state index in [9.17, 15) is 9.59 Å². The first-order chi connectivity index (χ1) is 15.8. The van der Waals surface area contributed by atoms with E-state index in [0.29, 0.717) is 23.6 Å². The molecule has 0 aliphatic carbocycles. The maximum Gasteiger partial charge on any atom is 0.344 e. The Bertz CT molecular complexity index is 1110. The van der Waals surface area contributed by atoms with Crippen molar-refractivity contribution in [2.45, 2.75) is 72.4 Å². The number of carbonyl (C=O) groups is 2. The Labute approximate surface area is 202 Å². The summed E-state index contributed by atoms with van der Waals surface area (Å²) in [5.41, 5.74) is 3.05. The quantitative estimate of drug-likeness (QED) is 0.471. The molecule has 7 nitrogen and oxygen atoms in total. The van der Waals surface area contributed by atoms with Crippen LogP contribution in [0.25, 0.3) is 0 Å². The van der Waals surface area contributed by atoms with Gasteiger partial charge in [-0.15, -0.1) is 0 Å². The highest BCUT2D eigenvalue weighted by molar-refractivity contribution is 6.04. The number of carbonyl (C=O) groups excluding carboxylic acids is 2. The van der Waals surface area contributed by atoms with Crippen LogP contribution in [0.15, 0.2) is 30.3 Å². The predicted octanol–water partition coefficient (Wildman–Crippen LogP) is 4.69. The largest absolute Gasteiger partial charge is 0.482 e. The van der Waals surface area contributed by atoms with Crippen LogP contribution in [0.4, 0.5) is 0 Å². The molecule has 182 valence electrons. The molecule has 1 aromatic carbocycles. The van der Waals surface area contributed by atoms with Gasteiger partial charge in [0.1, 0.15) is 22.9 Å². The summed E-state index contributed by atoms with van der Waals surface area (Å²) in [5, 5.41) is 8.50. The molecule has 0 atom stereocenters. The van der Waals surface area contributed by atoms with Gasteiger partial charge in [-0.05, 0) is 56.9 Å². The molecule has 0 saturated carbocycles. The highest BCUT2D eigenvalue weighted by atomic mass is 16.6. The van der Waals surface area contributed by atoms with Gasteiger partial charge in [-0.3, -0.25) is 10.2 Å². The predicted molar refractivity (Wildman–Crippen MR) is 132 cm³/mol. The first-order valence-electron chi connectivity index (χ1n) is 11.6. The van der Waals surface area contributed by atoms with Crippen molar-refractivity contribution in [3.05, 3.63) is 58.4 Å². The van der Waals surface area contributed by atoms with E-state index in [1.807, 2.05) is 66.7 Å². The molecule has 3 rings (SSSR count). The number of fused-ring (bicyclic) bond motifs is 1. The number of Topliss-reactive ketones (excluding diaryl/α,β-unsaturated/α-hetero) is 1. The summed E-state index contributed by atoms with van der Waals surface area (Å²) in [7, 11) is 0. The molecular formula is C27H35N3O4. The third kappa shape index (κ3) is 6.01. The van der Waals surface area contributed by atoms with E-state index in [-0.39, 0.29) is 30.2 Å². The van der Waals surface area contributed by atoms with E-state index in [1.165, 1.54) is 0 Å². The Kier molecular flexibility index (Phi) is 7.15. The standard InChI is InChI=1S/C27H35N3O4/c1-8-19-11-9-18-14-30(25(28)24(18)29-19)15-21(31)17-10-12-22(20(13-17)26(2,3)4)33-16-23(32)34-27(5,6)7/h9-13,28H,8,14-16H2,1-7H3. The van der Waals surface area contributed by atoms with Gasteiger partial charge >= 0.3 is 5.97 Å². The molecule has 2 heterocycles. The molecule has 0 saturated heterocycles. The number of ketones is 1. The van der Waals surface area contributed by atoms with E-state index in [4.69, 9.17) is 14.9 Å². The van der Waals surface area contributed by atoms with E-state index in [1.54, 1.807) is 17.0 Å². The molecule has 1 aliphatic heterocycles. The van der Waals surface area contributed by atoms with Crippen LogP contribution in [0.3, 0.4) is 0 Å². The second kappa shape index (κ2) is 9.57. The minimum atomic E-state index is -0.583. The SMILES string of the molecule is CCc1ccc2c(n1)C(=N)N(CC(=O)c1ccc(OCC(=O)OC(C)(C)C)c(C(C)(C)C)c1)C2. The number of rotatable bonds is 7. The van der Waals surface area contributed by atoms with Gasteiger partial charge in [0.15, 0.2) is 12.4 Å². The van der Waals surface area contributed by atoms with Crippen LogP contribution < -0.4 is 4.74 Å². The van der Waals surface area contributed by atoms with E-state index in [2.05, 4.69) is 4.98 Å². The summed E-state index contributed by atoms with van der Waals surface area (Å²) in [5.74, 6) is 0.302. The summed E-state index contributed by atoms with van der Waals surface area (Å²) < 4.78 is 11.1. The van der Waals surface area contributed by atoms with Crippen molar-refractivity contribution in [3.63, 3.8) is 0 Å². The number of esters is 1. The number of nitrogens with one attached hydrogen (secondary N) is 1. The molecule has 7 heteroatoms. The summed E-state index contributed by atoms with van der Waals surface area (Å²) >= 11 is 0. The number of pyridine rings is 1. The Morgan fingerprint density at radius 1 is 1.09 bits per heavy atom. The monoisotopic (exact) mass is 465 g/mol. The molecule has 1 aromatic heterocycles. The third-order valence-corrected chi connectivity index (χ3v) is 5.51. The van der Waals surface area contributed by atoms with Gasteiger partial charge in [-0.2, -0.15) is 0 Å². The highest BCUT2D eigenvalue weighted by Gasteiger charge is 2.29. The first-order valence-corrected chi connectivity index (χ1v) is 11.6. The van der Waals surface area contributed by atoms with Crippen molar-refractivity contribution in [2.75, 3.05) is 13.2 Å². The number of benzene rings is 1. The summed E-state index contributed by atoms with van der Waals surface area (Å²) in [6, 6.07) is 9.24. The molecule has 0 bridgehead atoms. The van der Waals surface area contributed by atoms with Crippen molar-refractivity contribution in [1.29, 1.82) is 5.41 Å². The lowest BCUT2D eigenvalue weighted by Gasteiger charge is -2.25. The minimum absolute atomic E-state index is 0.0857. The van der Waals surface area contributed by atoms with Gasteiger partial charge < -0.3 is 14.4 Å². The Morgan fingerprint density at radius 2 is 1.79 bits per heavy atom. The lowest BCUT2D eigenvalue weighted by Crippen LogP contribution is -2.30. The van der Waals surface area contributed by atoms with E-state index < -0.39 is 11.6 Å². The number of ether oxygens (including phenoxy) is 2. The Balaban J connectivity index is 1.75. The van der Waals surface area contributed by atoms with Gasteiger partial charge in [0.2, 0.25) is 0 Å². The maximum atomic E-state index is 13.2. The van der Waals surface area contributed by atoms with Crippen molar-refractivity contribution in [2.24, 2.45) is 0 Å². The number of hydrogen-bond donors (Lipinski definition) is 1. The van der Waals surface area contributed by atoms with Crippen LogP contribution in [-0.4, -0.2) is 46.2 Å². The summed E-state index contributed by atoms with van der Waals surface area (Å²) in [6.07, 6.45) is 0.803. The zero-order valence-corrected chi connectivity index (χ0v) is 21.2. The second-order valence-electron chi connectivity index (χ2n) is 10.6. The molecule has 0 fully saturated rings. The average molecular weight is 466 g/mol. The molecule has 34 heavy (non-hydrogen) atoms. The molecule has 1 aliphatic rings. The van der Waals surface area contributed by atoms with Gasteiger partial charge in [0, 0.05) is 28.9 Å². The van der Waals surface area contributed by atoms with Crippen LogP contribution in [0.2, 0.25) is 0 Å². The second-order valence-corrected chi connectivity index (χ2v) is 10.6. The summed E-state index contributed by atoms with van der Waals surface area (Å²) in [4.78, 5) is 31.6. The fourth-order valence-corrected chi connectivity index (χ4v) is 3.82. The van der Waals surface area contributed by atoms with Crippen LogP contribution in [0, 0.1) is 5.41 Å². The topological polar surface area (TPSA) is 92.6 Å². The minimum Gasteiger partial charge on any atom is -0.482 e. The van der Waals surface area contributed by atoms with E-state index in [0.717, 1.165) is 23.2 Å². The smallest absolute Gasteiger partial charge is 0.344 e. The van der Waals surface area contributed by atoms with Crippen molar-refractivity contribution in [3.8, 4) is 5.75 Å². The number of aromatic nitrogens is 1. The normalized spacial score (nSPS) is 13.6. The molecule has 0 amide bonds. The number of aryl methyl sites for hydroxylation is 1. The zero-order chi connectivity index (χ0) is 25.3. The fourth-order valence-electron chi connectivity index (χ4n) is 3.82. The molecule has 0 spiro atoms. The van der Waals surface area contributed by atoms with Gasteiger partial charge in [0.25, 0.3) is 0 Å². The van der Waals surface area contributed by atoms with Crippen molar-refractivity contribution < 1.29 is 19.1 Å². The summed E-state index contributed by atoms with van der Waals surface area (Å²) in [6.45, 7) is 13.9. The van der Waals surface area contributed by atoms with Crippen molar-refractivity contribution in [1.82, 2.24) is 9.88 Å². The Hall–Kier alpha value is -3.22. The highest BCUT2D eigenvalue weighted by Crippen LogP contribution is 2.33. The molecular weight excluding hydrogens is 430 g/mol. The number of nitrogens with zero attached hydrogens (tertiary/aromatic N) is 2. The van der Waals surface area contributed by atoms with Crippen molar-refractivity contribution >= 4 is 17.6 Å². The van der Waals surface area contributed by atoms with Crippen LogP contribution in [-0.2, 0) is 27.9 Å². The van der Waals surface area contributed by atoms with Gasteiger partial charge in [-0.25, -0.2) is 9.78 Å². The molecule has 2 aromatic rings. The van der Waals surface area contributed by atoms with Crippen LogP contribution in [0.1, 0.15) is 81.3 Å². The molecule has 0 radical (unpaired) electrons. The zero-order valence-electron chi connectivity index (χ0n) is 21.2. The average Bonchev–Trinajstić information content (AvgIpc) is 3.04.